The van der Waals surface area contributed by atoms with Crippen LogP contribution in [0, 0.1) is 0 Å². The van der Waals surface area contributed by atoms with Crippen LogP contribution in [0.15, 0.2) is 36.4 Å². The Kier molecular flexibility index (Phi) is 4.86. The summed E-state index contributed by atoms with van der Waals surface area (Å²) in [6, 6.07) is 11.0. The minimum absolute atomic E-state index is 0.209. The maximum Gasteiger partial charge on any atom is 0.257 e. The molecule has 110 valence electrons. The fourth-order valence-electron chi connectivity index (χ4n) is 2.32. The zero-order chi connectivity index (χ0) is 15.4. The van der Waals surface area contributed by atoms with E-state index >= 15 is 0 Å². The molecule has 3 nitrogen and oxygen atoms in total. The van der Waals surface area contributed by atoms with Crippen LogP contribution in [-0.2, 0) is 12.8 Å². The summed E-state index contributed by atoms with van der Waals surface area (Å²) < 4.78 is 0. The second-order valence-corrected chi connectivity index (χ2v) is 5.28. The molecule has 0 heterocycles. The van der Waals surface area contributed by atoms with Crippen molar-refractivity contribution in [1.29, 1.82) is 0 Å². The molecule has 2 rings (SSSR count). The molecule has 0 radical (unpaired) electrons. The molecule has 4 heteroatoms. The molecular formula is C17H19ClN2O. The van der Waals surface area contributed by atoms with Gasteiger partial charge < -0.3 is 11.1 Å². The van der Waals surface area contributed by atoms with Crippen LogP contribution < -0.4 is 11.1 Å². The van der Waals surface area contributed by atoms with Gasteiger partial charge in [-0.25, -0.2) is 0 Å². The summed E-state index contributed by atoms with van der Waals surface area (Å²) in [5, 5.41) is 3.52. The predicted molar refractivity (Wildman–Crippen MR) is 89.0 cm³/mol. The first kappa shape index (κ1) is 15.4. The molecule has 0 aliphatic heterocycles. The highest BCUT2D eigenvalue weighted by Crippen LogP contribution is 2.25. The summed E-state index contributed by atoms with van der Waals surface area (Å²) in [6.45, 7) is 4.14. The van der Waals surface area contributed by atoms with Crippen LogP contribution >= 0.6 is 11.6 Å². The number of nitrogen functional groups attached to an aromatic ring is 1. The monoisotopic (exact) mass is 302 g/mol. The van der Waals surface area contributed by atoms with E-state index in [0.717, 1.165) is 29.7 Å². The van der Waals surface area contributed by atoms with E-state index in [0.29, 0.717) is 16.3 Å². The van der Waals surface area contributed by atoms with Crippen molar-refractivity contribution in [2.45, 2.75) is 26.7 Å². The van der Waals surface area contributed by atoms with Gasteiger partial charge >= 0.3 is 0 Å². The van der Waals surface area contributed by atoms with Gasteiger partial charge in [0.05, 0.1) is 5.56 Å². The van der Waals surface area contributed by atoms with Gasteiger partial charge in [0, 0.05) is 16.4 Å². The molecule has 0 atom stereocenters. The van der Waals surface area contributed by atoms with E-state index in [4.69, 9.17) is 17.3 Å². The van der Waals surface area contributed by atoms with Crippen LogP contribution in [0.5, 0.6) is 0 Å². The van der Waals surface area contributed by atoms with Gasteiger partial charge in [0.25, 0.3) is 5.91 Å². The lowest BCUT2D eigenvalue weighted by molar-refractivity contribution is 0.102. The SMILES string of the molecule is CCc1cccc(CC)c1NC(=O)c1ccc(Cl)cc1N. The van der Waals surface area contributed by atoms with E-state index in [9.17, 15) is 4.79 Å². The van der Waals surface area contributed by atoms with Crippen molar-refractivity contribution in [1.82, 2.24) is 0 Å². The average Bonchev–Trinajstić information content (AvgIpc) is 2.47. The fraction of sp³-hybridized carbons (Fsp3) is 0.235. The Morgan fingerprint density at radius 2 is 1.76 bits per heavy atom. The maximum absolute atomic E-state index is 12.4. The fourth-order valence-corrected chi connectivity index (χ4v) is 2.50. The van der Waals surface area contributed by atoms with Crippen molar-refractivity contribution in [2.75, 3.05) is 11.1 Å². The van der Waals surface area contributed by atoms with Crippen LogP contribution in [-0.4, -0.2) is 5.91 Å². The van der Waals surface area contributed by atoms with E-state index in [2.05, 4.69) is 19.2 Å². The highest BCUT2D eigenvalue weighted by atomic mass is 35.5. The number of aryl methyl sites for hydroxylation is 2. The topological polar surface area (TPSA) is 55.1 Å². The third-order valence-corrected chi connectivity index (χ3v) is 3.73. The van der Waals surface area contributed by atoms with Crippen LogP contribution in [0.25, 0.3) is 0 Å². The molecule has 0 bridgehead atoms. The van der Waals surface area contributed by atoms with Crippen LogP contribution in [0.2, 0.25) is 5.02 Å². The lowest BCUT2D eigenvalue weighted by Gasteiger charge is -2.15. The zero-order valence-electron chi connectivity index (χ0n) is 12.2. The largest absolute Gasteiger partial charge is 0.398 e. The number of amides is 1. The average molecular weight is 303 g/mol. The summed E-state index contributed by atoms with van der Waals surface area (Å²) in [6.07, 6.45) is 1.72. The third-order valence-electron chi connectivity index (χ3n) is 3.50. The quantitative estimate of drug-likeness (QED) is 0.827. The summed E-state index contributed by atoms with van der Waals surface area (Å²) in [4.78, 5) is 12.4. The Hall–Kier alpha value is -2.00. The van der Waals surface area contributed by atoms with Gasteiger partial charge in [-0.1, -0.05) is 43.6 Å². The van der Waals surface area contributed by atoms with Crippen molar-refractivity contribution in [3.05, 3.63) is 58.1 Å². The van der Waals surface area contributed by atoms with Gasteiger partial charge in [0.15, 0.2) is 0 Å². The zero-order valence-corrected chi connectivity index (χ0v) is 13.0. The van der Waals surface area contributed by atoms with Crippen molar-refractivity contribution in [3.63, 3.8) is 0 Å². The van der Waals surface area contributed by atoms with Crippen molar-refractivity contribution in [3.8, 4) is 0 Å². The van der Waals surface area contributed by atoms with Gasteiger partial charge in [-0.15, -0.1) is 0 Å². The third kappa shape index (κ3) is 3.37. The first-order chi connectivity index (χ1) is 10.1. The molecule has 3 N–H and O–H groups in total. The molecule has 0 saturated heterocycles. The number of hydrogen-bond donors (Lipinski definition) is 2. The second kappa shape index (κ2) is 6.64. The Morgan fingerprint density at radius 3 is 2.29 bits per heavy atom. The van der Waals surface area contributed by atoms with Crippen LogP contribution in [0.4, 0.5) is 11.4 Å². The predicted octanol–water partition coefficient (Wildman–Crippen LogP) is 4.30. The van der Waals surface area contributed by atoms with E-state index in [1.807, 2.05) is 18.2 Å². The van der Waals surface area contributed by atoms with Crippen LogP contribution in [0.3, 0.4) is 0 Å². The lowest BCUT2D eigenvalue weighted by atomic mass is 10.0. The summed E-state index contributed by atoms with van der Waals surface area (Å²) >= 11 is 5.87. The number of carbonyl (C=O) groups excluding carboxylic acids is 1. The Balaban J connectivity index is 2.35. The van der Waals surface area contributed by atoms with Gasteiger partial charge in [0.1, 0.15) is 0 Å². The first-order valence-corrected chi connectivity index (χ1v) is 7.41. The standard InChI is InChI=1S/C17H19ClN2O/c1-3-11-6-5-7-12(4-2)16(11)20-17(21)14-9-8-13(18)10-15(14)19/h5-10H,3-4,19H2,1-2H3,(H,20,21). The number of carbonyl (C=O) groups is 1. The Morgan fingerprint density at radius 1 is 1.14 bits per heavy atom. The Bertz CT molecular complexity index is 646. The Labute approximate surface area is 130 Å². The number of halogens is 1. The van der Waals surface area contributed by atoms with E-state index in [-0.39, 0.29) is 5.91 Å². The summed E-state index contributed by atoms with van der Waals surface area (Å²) in [5.41, 5.74) is 9.82. The molecule has 0 aliphatic rings. The van der Waals surface area contributed by atoms with Gasteiger partial charge in [-0.3, -0.25) is 4.79 Å². The molecule has 0 aromatic heterocycles. The molecular weight excluding hydrogens is 284 g/mol. The first-order valence-electron chi connectivity index (χ1n) is 7.04. The number of anilines is 2. The smallest absolute Gasteiger partial charge is 0.257 e. The molecule has 0 aliphatic carbocycles. The molecule has 2 aromatic rings. The van der Waals surface area contributed by atoms with E-state index < -0.39 is 0 Å². The number of nitrogens with one attached hydrogen (secondary N) is 1. The second-order valence-electron chi connectivity index (χ2n) is 4.84. The van der Waals surface area contributed by atoms with E-state index in [1.165, 1.54) is 0 Å². The number of hydrogen-bond acceptors (Lipinski definition) is 2. The molecule has 0 saturated carbocycles. The van der Waals surface area contributed by atoms with Gasteiger partial charge in [0.2, 0.25) is 0 Å². The maximum atomic E-state index is 12.4. The van der Waals surface area contributed by atoms with Gasteiger partial charge in [-0.2, -0.15) is 0 Å². The molecule has 0 fully saturated rings. The minimum atomic E-state index is -0.209. The summed E-state index contributed by atoms with van der Waals surface area (Å²) in [5.74, 6) is -0.209. The molecule has 1 amide bonds. The lowest BCUT2D eigenvalue weighted by Crippen LogP contribution is -2.16. The molecule has 2 aromatic carbocycles. The minimum Gasteiger partial charge on any atom is -0.398 e. The highest BCUT2D eigenvalue weighted by molar-refractivity contribution is 6.31. The highest BCUT2D eigenvalue weighted by Gasteiger charge is 2.14. The van der Waals surface area contributed by atoms with Crippen molar-refractivity contribution in [2.24, 2.45) is 0 Å². The molecule has 21 heavy (non-hydrogen) atoms. The van der Waals surface area contributed by atoms with Crippen molar-refractivity contribution < 1.29 is 4.79 Å². The van der Waals surface area contributed by atoms with E-state index in [1.54, 1.807) is 18.2 Å². The number of benzene rings is 2. The number of nitrogens with two attached hydrogens (primary N) is 1. The summed E-state index contributed by atoms with van der Waals surface area (Å²) in [7, 11) is 0. The van der Waals surface area contributed by atoms with Crippen molar-refractivity contribution >= 4 is 28.9 Å². The molecule has 0 unspecified atom stereocenters. The normalized spacial score (nSPS) is 10.4. The number of para-hydroxylation sites is 1. The van der Waals surface area contributed by atoms with Gasteiger partial charge in [-0.05, 0) is 42.2 Å². The van der Waals surface area contributed by atoms with Crippen LogP contribution in [0.1, 0.15) is 35.3 Å². The molecule has 0 spiro atoms. The number of rotatable bonds is 4.